The molecule has 0 unspecified atom stereocenters. The third kappa shape index (κ3) is 4.68. The van der Waals surface area contributed by atoms with E-state index in [1.54, 1.807) is 37.6 Å². The molecule has 32 heavy (non-hydrogen) atoms. The molecule has 0 spiro atoms. The van der Waals surface area contributed by atoms with Crippen LogP contribution in [0.1, 0.15) is 15.9 Å². The minimum absolute atomic E-state index is 0.210. The molecule has 162 valence electrons. The van der Waals surface area contributed by atoms with Crippen molar-refractivity contribution in [3.05, 3.63) is 71.9 Å². The van der Waals surface area contributed by atoms with Gasteiger partial charge in [-0.05, 0) is 54.2 Å². The number of rotatable bonds is 6. The highest BCUT2D eigenvalue weighted by Gasteiger charge is 2.15. The summed E-state index contributed by atoms with van der Waals surface area (Å²) in [7, 11) is 3.04. The van der Waals surface area contributed by atoms with Crippen LogP contribution < -0.4 is 20.1 Å². The van der Waals surface area contributed by atoms with Gasteiger partial charge in [0.15, 0.2) is 16.3 Å². The molecule has 0 saturated carbocycles. The quantitative estimate of drug-likeness (QED) is 0.431. The maximum atomic E-state index is 12.5. The summed E-state index contributed by atoms with van der Waals surface area (Å²) in [6, 6.07) is 16.3. The molecule has 2 aromatic carbocycles. The van der Waals surface area contributed by atoms with Crippen molar-refractivity contribution in [3.8, 4) is 23.0 Å². The van der Waals surface area contributed by atoms with Gasteiger partial charge in [-0.15, -0.1) is 0 Å². The first-order valence-electron chi connectivity index (χ1n) is 9.69. The molecule has 9 heteroatoms. The van der Waals surface area contributed by atoms with Crippen LogP contribution in [0.2, 0.25) is 0 Å². The van der Waals surface area contributed by atoms with E-state index in [0.29, 0.717) is 40.7 Å². The molecule has 4 aromatic rings. The molecular formula is C23H20N4O4S. The van der Waals surface area contributed by atoms with Crippen molar-refractivity contribution in [1.29, 1.82) is 0 Å². The predicted molar refractivity (Wildman–Crippen MR) is 124 cm³/mol. The number of nitrogens with zero attached hydrogens (tertiary/aromatic N) is 2. The second-order valence-electron chi connectivity index (χ2n) is 6.74. The fourth-order valence-corrected chi connectivity index (χ4v) is 3.21. The van der Waals surface area contributed by atoms with E-state index in [0.717, 1.165) is 11.1 Å². The van der Waals surface area contributed by atoms with Crippen molar-refractivity contribution in [3.63, 3.8) is 0 Å². The average molecular weight is 449 g/mol. The Balaban J connectivity index is 1.35. The summed E-state index contributed by atoms with van der Waals surface area (Å²) in [5.74, 6) is 1.13. The number of ether oxygens (including phenoxy) is 2. The molecule has 1 amide bonds. The van der Waals surface area contributed by atoms with Gasteiger partial charge < -0.3 is 19.2 Å². The number of oxazole rings is 1. The third-order valence-corrected chi connectivity index (χ3v) is 4.95. The molecule has 0 aliphatic carbocycles. The van der Waals surface area contributed by atoms with Crippen molar-refractivity contribution < 1.29 is 18.7 Å². The van der Waals surface area contributed by atoms with Crippen LogP contribution in [0.25, 0.3) is 22.7 Å². The number of hydrogen-bond acceptors (Lipinski definition) is 7. The summed E-state index contributed by atoms with van der Waals surface area (Å²) in [5, 5.41) is 5.89. The number of nitrogens with one attached hydrogen (secondary N) is 2. The van der Waals surface area contributed by atoms with E-state index in [1.165, 1.54) is 7.11 Å². The van der Waals surface area contributed by atoms with Crippen molar-refractivity contribution in [1.82, 2.24) is 20.6 Å². The van der Waals surface area contributed by atoms with Crippen LogP contribution in [0.5, 0.6) is 11.5 Å². The number of aromatic nitrogens is 2. The Morgan fingerprint density at radius 1 is 1.09 bits per heavy atom. The van der Waals surface area contributed by atoms with Gasteiger partial charge in [0.2, 0.25) is 5.89 Å². The van der Waals surface area contributed by atoms with Crippen LogP contribution in [0.15, 0.2) is 65.2 Å². The largest absolute Gasteiger partial charge is 0.497 e. The molecule has 2 N–H and O–H groups in total. The van der Waals surface area contributed by atoms with Crippen LogP contribution in [-0.2, 0) is 6.54 Å². The lowest BCUT2D eigenvalue weighted by molar-refractivity contribution is 0.0973. The Morgan fingerprint density at radius 3 is 2.62 bits per heavy atom. The molecule has 0 radical (unpaired) electrons. The number of thiocarbonyl (C=S) groups is 1. The van der Waals surface area contributed by atoms with E-state index in [9.17, 15) is 4.79 Å². The van der Waals surface area contributed by atoms with Crippen molar-refractivity contribution >= 4 is 34.5 Å². The zero-order chi connectivity index (χ0) is 22.5. The van der Waals surface area contributed by atoms with E-state index < -0.39 is 0 Å². The topological polar surface area (TPSA) is 98.5 Å². The highest BCUT2D eigenvalue weighted by molar-refractivity contribution is 7.80. The minimum atomic E-state index is -0.373. The maximum absolute atomic E-state index is 12.5. The molecule has 8 nitrogen and oxygen atoms in total. The minimum Gasteiger partial charge on any atom is -0.497 e. The molecular weight excluding hydrogens is 428 g/mol. The number of pyridine rings is 1. The zero-order valence-electron chi connectivity index (χ0n) is 17.4. The first kappa shape index (κ1) is 21.3. The second kappa shape index (κ2) is 9.44. The highest BCUT2D eigenvalue weighted by Crippen LogP contribution is 2.25. The second-order valence-corrected chi connectivity index (χ2v) is 7.15. The fourth-order valence-electron chi connectivity index (χ4n) is 3.04. The van der Waals surface area contributed by atoms with E-state index in [4.69, 9.17) is 26.1 Å². The van der Waals surface area contributed by atoms with Crippen LogP contribution in [0.4, 0.5) is 0 Å². The smallest absolute Gasteiger partial charge is 0.261 e. The standard InChI is InChI=1S/C23H20N4O4S/c1-29-16-9-10-17(19(12-16)30-2)21(28)27-23(32)25-13-14-5-7-15(8-6-14)22-26-20-18(31-22)4-3-11-24-20/h3-12H,13H2,1-2H3,(H2,25,27,28,32). The monoisotopic (exact) mass is 448 g/mol. The van der Waals surface area contributed by atoms with Crippen LogP contribution in [0, 0.1) is 0 Å². The van der Waals surface area contributed by atoms with E-state index in [-0.39, 0.29) is 11.0 Å². The number of carbonyl (C=O) groups excluding carboxylic acids is 1. The van der Waals surface area contributed by atoms with Gasteiger partial charge in [0.25, 0.3) is 5.91 Å². The molecule has 0 fully saturated rings. The fraction of sp³-hybridized carbons (Fsp3) is 0.130. The SMILES string of the molecule is COc1ccc(C(=O)NC(=S)NCc2ccc(-c3nc4ncccc4o3)cc2)c(OC)c1. The number of benzene rings is 2. The lowest BCUT2D eigenvalue weighted by Crippen LogP contribution is -2.39. The summed E-state index contributed by atoms with van der Waals surface area (Å²) in [5.41, 5.74) is 3.39. The van der Waals surface area contributed by atoms with Gasteiger partial charge in [-0.2, -0.15) is 4.98 Å². The first-order valence-corrected chi connectivity index (χ1v) is 10.1. The van der Waals surface area contributed by atoms with Crippen molar-refractivity contribution in [2.75, 3.05) is 14.2 Å². The number of amides is 1. The van der Waals surface area contributed by atoms with Gasteiger partial charge in [0.1, 0.15) is 11.5 Å². The summed E-state index contributed by atoms with van der Waals surface area (Å²) >= 11 is 5.26. The van der Waals surface area contributed by atoms with Gasteiger partial charge in [0, 0.05) is 24.4 Å². The molecule has 4 rings (SSSR count). The number of carbonyl (C=O) groups is 1. The number of fused-ring (bicyclic) bond motifs is 1. The Kier molecular flexibility index (Phi) is 6.27. The van der Waals surface area contributed by atoms with Gasteiger partial charge >= 0.3 is 0 Å². The molecule has 0 aliphatic heterocycles. The highest BCUT2D eigenvalue weighted by atomic mass is 32.1. The summed E-state index contributed by atoms with van der Waals surface area (Å²) < 4.78 is 16.2. The van der Waals surface area contributed by atoms with E-state index in [1.807, 2.05) is 30.3 Å². The Morgan fingerprint density at radius 2 is 1.91 bits per heavy atom. The van der Waals surface area contributed by atoms with Crippen molar-refractivity contribution in [2.24, 2.45) is 0 Å². The lowest BCUT2D eigenvalue weighted by Gasteiger charge is -2.12. The van der Waals surface area contributed by atoms with Gasteiger partial charge in [-0.3, -0.25) is 10.1 Å². The molecule has 2 heterocycles. The third-order valence-electron chi connectivity index (χ3n) is 4.70. The van der Waals surface area contributed by atoms with Crippen molar-refractivity contribution in [2.45, 2.75) is 6.54 Å². The molecule has 0 bridgehead atoms. The van der Waals surface area contributed by atoms with E-state index in [2.05, 4.69) is 20.6 Å². The summed E-state index contributed by atoms with van der Waals surface area (Å²) in [6.07, 6.45) is 1.68. The molecule has 0 atom stereocenters. The van der Waals surface area contributed by atoms with Crippen LogP contribution in [0.3, 0.4) is 0 Å². The molecule has 2 aromatic heterocycles. The Bertz CT molecular complexity index is 1240. The predicted octanol–water partition coefficient (Wildman–Crippen LogP) is 3.71. The summed E-state index contributed by atoms with van der Waals surface area (Å²) in [6.45, 7) is 0.439. The first-order chi connectivity index (χ1) is 15.6. The Labute approximate surface area is 189 Å². The molecule has 0 aliphatic rings. The van der Waals surface area contributed by atoms with Crippen LogP contribution >= 0.6 is 12.2 Å². The summed E-state index contributed by atoms with van der Waals surface area (Å²) in [4.78, 5) is 21.1. The normalized spacial score (nSPS) is 10.6. The number of methoxy groups -OCH3 is 2. The van der Waals surface area contributed by atoms with Crippen LogP contribution in [-0.4, -0.2) is 35.2 Å². The van der Waals surface area contributed by atoms with E-state index >= 15 is 0 Å². The average Bonchev–Trinajstić information content (AvgIpc) is 3.27. The zero-order valence-corrected chi connectivity index (χ0v) is 18.2. The van der Waals surface area contributed by atoms with Gasteiger partial charge in [0.05, 0.1) is 19.8 Å². The number of hydrogen-bond donors (Lipinski definition) is 2. The maximum Gasteiger partial charge on any atom is 0.261 e. The van der Waals surface area contributed by atoms with Gasteiger partial charge in [-0.25, -0.2) is 4.98 Å². The van der Waals surface area contributed by atoms with Gasteiger partial charge in [-0.1, -0.05) is 12.1 Å². The lowest BCUT2D eigenvalue weighted by atomic mass is 10.1. The molecule has 0 saturated heterocycles. The Hall–Kier alpha value is -3.98.